The predicted molar refractivity (Wildman–Crippen MR) is 286 cm³/mol. The van der Waals surface area contributed by atoms with Gasteiger partial charge >= 0.3 is 319 Å². The first kappa shape index (κ1) is 43.7. The van der Waals surface area contributed by atoms with Crippen molar-refractivity contribution in [1.29, 1.82) is 0 Å². The van der Waals surface area contributed by atoms with E-state index in [1.807, 2.05) is 18.3 Å². The summed E-state index contributed by atoms with van der Waals surface area (Å²) < 4.78 is 14.9. The number of ether oxygens (including phenoxy) is 1. The van der Waals surface area contributed by atoms with Gasteiger partial charge in [-0.1, -0.05) is 55.7 Å². The number of benzene rings is 8. The van der Waals surface area contributed by atoms with Gasteiger partial charge in [-0.2, -0.15) is 0 Å². The van der Waals surface area contributed by atoms with Crippen LogP contribution in [0.2, 0.25) is 0 Å². The molecule has 1 saturated carbocycles. The van der Waals surface area contributed by atoms with Gasteiger partial charge in [-0.3, -0.25) is 0 Å². The molecule has 1 fully saturated rings. The van der Waals surface area contributed by atoms with Crippen molar-refractivity contribution in [3.05, 3.63) is 220 Å². The Balaban J connectivity index is 0.896. The van der Waals surface area contributed by atoms with E-state index in [4.69, 9.17) is 9.72 Å². The molecular formula is C65H52N4OPt-2. The standard InChI is InChI=1S/C65H52N4O.Pt/c1-44-38-63(66-42-58(44)48-34-32-46(33-35-48)45-18-5-2-6-19-45)69-59-29-14-13-28-55(59)56-37-36-53(41-62(56)69)70-52-26-17-25-51(40-52)67-43-68(61-31-16-15-30-60(61)67)65-57(47-20-7-3-8-21-47)39-50-24-11-12-27-54(50)64(65)49-22-9-4-10-23-49;/h3-4,7-10,13-17,20-23,25-26,28-39,42,45H,2,5-6,11-12,18-19,24,27H2,1H3;/q-2;. The van der Waals surface area contributed by atoms with Crippen molar-refractivity contribution in [3.8, 4) is 62.1 Å². The predicted octanol–water partition coefficient (Wildman–Crippen LogP) is 16.6. The molecule has 0 atom stereocenters. The Morgan fingerprint density at radius 1 is 0.549 bits per heavy atom. The molecule has 11 aromatic rings. The first-order chi connectivity index (χ1) is 35.1. The zero-order valence-electron chi connectivity index (χ0n) is 39.8. The van der Waals surface area contributed by atoms with Crippen molar-refractivity contribution < 1.29 is 24.1 Å². The number of nitrogens with zero attached hydrogens (tertiary/aromatic N) is 4. The van der Waals surface area contributed by atoms with Gasteiger partial charge in [0, 0.05) is 11.8 Å². The zero-order chi connectivity index (χ0) is 47.4. The smallest absolute Gasteiger partial charge is 0.0581 e. The SMILES string of the molecule is Cc1cc(-n2c3[c-]c(Oc4[c-]c(-n5[c](=[Pt])n(-c6c(-c7ccccc7)cc7c(c6-c6ccccc6)CCCC7)c6ccccc65)ccc4)ccc3c3ccccc32)ncc1-c1ccc(C2CCCCC2)cc1. The Bertz CT molecular complexity index is 3860. The van der Waals surface area contributed by atoms with Crippen LogP contribution in [0.3, 0.4) is 0 Å². The van der Waals surface area contributed by atoms with Crippen LogP contribution < -0.4 is 4.74 Å². The van der Waals surface area contributed by atoms with E-state index in [0.29, 0.717) is 17.4 Å². The Labute approximate surface area is 426 Å². The molecular weight excluding hydrogens is 1050 g/mol. The van der Waals surface area contributed by atoms with E-state index in [2.05, 4.69) is 216 Å². The Kier molecular flexibility index (Phi) is 11.3. The molecule has 2 aliphatic carbocycles. The van der Waals surface area contributed by atoms with Gasteiger partial charge in [-0.05, 0) is 42.4 Å². The van der Waals surface area contributed by atoms with Crippen molar-refractivity contribution >= 4 is 32.8 Å². The second kappa shape index (κ2) is 18.4. The number of rotatable bonds is 9. The van der Waals surface area contributed by atoms with E-state index in [1.165, 1.54) is 101 Å². The van der Waals surface area contributed by atoms with Gasteiger partial charge in [0.25, 0.3) is 0 Å². The topological polar surface area (TPSA) is 36.9 Å². The van der Waals surface area contributed by atoms with E-state index in [0.717, 1.165) is 66.6 Å². The summed E-state index contributed by atoms with van der Waals surface area (Å²) >= 11 is 2.53. The molecule has 0 amide bonds. The summed E-state index contributed by atoms with van der Waals surface area (Å²) in [4.78, 5) is 5.14. The molecule has 0 unspecified atom stereocenters. The average molecular weight is 1100 g/mol. The van der Waals surface area contributed by atoms with Crippen LogP contribution in [0, 0.1) is 22.9 Å². The van der Waals surface area contributed by atoms with Crippen molar-refractivity contribution in [2.45, 2.75) is 70.6 Å². The maximum absolute atomic E-state index is 6.78. The van der Waals surface area contributed by atoms with Crippen LogP contribution in [0.4, 0.5) is 0 Å². The van der Waals surface area contributed by atoms with Crippen LogP contribution in [-0.4, -0.2) is 18.7 Å². The molecule has 0 radical (unpaired) electrons. The number of pyridine rings is 1. The molecule has 3 aromatic heterocycles. The molecule has 2 aliphatic rings. The molecule has 3 heterocycles. The second-order valence-corrected chi connectivity index (χ2v) is 20.4. The van der Waals surface area contributed by atoms with Crippen LogP contribution >= 0.6 is 0 Å². The Morgan fingerprint density at radius 2 is 1.23 bits per heavy atom. The van der Waals surface area contributed by atoms with Crippen LogP contribution in [0.1, 0.15) is 73.1 Å². The molecule has 0 bridgehead atoms. The molecule has 71 heavy (non-hydrogen) atoms. The fourth-order valence-electron chi connectivity index (χ4n) is 11.7. The van der Waals surface area contributed by atoms with Gasteiger partial charge < -0.3 is 0 Å². The van der Waals surface area contributed by atoms with Crippen molar-refractivity contribution in [2.24, 2.45) is 0 Å². The fraction of sp³-hybridized carbons (Fsp3) is 0.169. The third kappa shape index (κ3) is 7.83. The average Bonchev–Trinajstić information content (AvgIpc) is 3.92. The molecule has 0 saturated heterocycles. The van der Waals surface area contributed by atoms with E-state index in [1.54, 1.807) is 0 Å². The molecule has 350 valence electrons. The van der Waals surface area contributed by atoms with Gasteiger partial charge in [0.1, 0.15) is 0 Å². The summed E-state index contributed by atoms with van der Waals surface area (Å²) in [6.45, 7) is 2.19. The molecule has 5 nitrogen and oxygen atoms in total. The zero-order valence-corrected chi connectivity index (χ0v) is 42.0. The monoisotopic (exact) mass is 1100 g/mol. The minimum Gasteiger partial charge on any atom is -0.0581 e. The summed E-state index contributed by atoms with van der Waals surface area (Å²) in [5.41, 5.74) is 19.2. The summed E-state index contributed by atoms with van der Waals surface area (Å²) in [5.74, 6) is 2.76. The second-order valence-electron chi connectivity index (χ2n) is 19.4. The number of para-hydroxylation sites is 3. The Morgan fingerprint density at radius 3 is 2.00 bits per heavy atom. The number of imidazole rings is 1. The maximum atomic E-state index is 6.78. The fourth-order valence-corrected chi connectivity index (χ4v) is 12.8. The van der Waals surface area contributed by atoms with Gasteiger partial charge in [0.15, 0.2) is 0 Å². The minimum atomic E-state index is 0.609. The van der Waals surface area contributed by atoms with E-state index in [-0.39, 0.29) is 0 Å². The summed E-state index contributed by atoms with van der Waals surface area (Å²) in [5, 5.41) is 2.24. The normalized spacial score (nSPS) is 14.1. The number of aryl methyl sites for hydroxylation is 2. The van der Waals surface area contributed by atoms with Crippen molar-refractivity contribution in [1.82, 2.24) is 18.7 Å². The number of aromatic nitrogens is 4. The summed E-state index contributed by atoms with van der Waals surface area (Å²) in [6, 6.07) is 70.9. The quantitative estimate of drug-likeness (QED) is 0.135. The first-order valence-electron chi connectivity index (χ1n) is 25.3. The van der Waals surface area contributed by atoms with Crippen LogP contribution in [0.15, 0.2) is 182 Å². The van der Waals surface area contributed by atoms with Gasteiger partial charge in [-0.25, -0.2) is 0 Å². The number of hydrogen-bond donors (Lipinski definition) is 0. The molecule has 0 aliphatic heterocycles. The molecule has 6 heteroatoms. The van der Waals surface area contributed by atoms with E-state index >= 15 is 0 Å². The molecule has 8 aromatic carbocycles. The van der Waals surface area contributed by atoms with Crippen molar-refractivity contribution in [3.63, 3.8) is 0 Å². The van der Waals surface area contributed by atoms with Gasteiger partial charge in [0.2, 0.25) is 0 Å². The van der Waals surface area contributed by atoms with Crippen molar-refractivity contribution in [2.75, 3.05) is 0 Å². The van der Waals surface area contributed by atoms with Crippen LogP contribution in [0.5, 0.6) is 11.5 Å². The number of hydrogen-bond acceptors (Lipinski definition) is 2. The summed E-state index contributed by atoms with van der Waals surface area (Å²) in [7, 11) is 0. The third-order valence-corrected chi connectivity index (χ3v) is 16.1. The molecule has 13 rings (SSSR count). The van der Waals surface area contributed by atoms with Gasteiger partial charge in [-0.15, -0.1) is 0 Å². The molecule has 0 spiro atoms. The molecule has 0 N–H and O–H groups in total. The van der Waals surface area contributed by atoms with Crippen LogP contribution in [-0.2, 0) is 32.2 Å². The number of fused-ring (bicyclic) bond motifs is 5. The first-order valence-corrected chi connectivity index (χ1v) is 26.4. The summed E-state index contributed by atoms with van der Waals surface area (Å²) in [6.07, 6.45) is 13.2. The van der Waals surface area contributed by atoms with Crippen LogP contribution in [0.25, 0.3) is 83.4 Å². The van der Waals surface area contributed by atoms with E-state index < -0.39 is 0 Å². The third-order valence-electron chi connectivity index (χ3n) is 15.1. The minimum absolute atomic E-state index is 0.609. The van der Waals surface area contributed by atoms with E-state index in [9.17, 15) is 0 Å². The van der Waals surface area contributed by atoms with Gasteiger partial charge in [0.05, 0.1) is 0 Å². The Hall–Kier alpha value is -7.33.